The molecular weight excluding hydrogens is 302 g/mol. The summed E-state index contributed by atoms with van der Waals surface area (Å²) in [5.41, 5.74) is 1.81. The number of benzene rings is 1. The van der Waals surface area contributed by atoms with Crippen LogP contribution in [0.4, 0.5) is 4.79 Å². The van der Waals surface area contributed by atoms with Crippen molar-refractivity contribution in [2.75, 3.05) is 0 Å². The second-order valence-corrected chi connectivity index (χ2v) is 6.58. The lowest BCUT2D eigenvalue weighted by atomic mass is 9.73. The van der Waals surface area contributed by atoms with Crippen LogP contribution in [0.2, 0.25) is 0 Å². The smallest absolute Gasteiger partial charge is 0.315 e. The van der Waals surface area contributed by atoms with Gasteiger partial charge >= 0.3 is 6.03 Å². The monoisotopic (exact) mass is 323 g/mol. The minimum atomic E-state index is -0.170. The molecule has 2 aliphatic rings. The average molecular weight is 323 g/mol. The van der Waals surface area contributed by atoms with E-state index in [1.165, 1.54) is 6.42 Å². The lowest BCUT2D eigenvalue weighted by Crippen LogP contribution is -2.50. The molecule has 1 saturated carbocycles. The molecule has 1 spiro atoms. The zero-order valence-corrected chi connectivity index (χ0v) is 13.5. The molecule has 1 atom stereocenters. The molecule has 1 aromatic heterocycles. The standard InChI is InChI=1S/C19H21N3O2/c23-18(21-13-14-6-3-4-11-20-14)22-16-12-19(9-5-10-19)24-17-8-2-1-7-15(16)17/h1-4,6-8,11,16H,5,9-10,12-13H2,(H2,21,22,23). The van der Waals surface area contributed by atoms with Crippen LogP contribution >= 0.6 is 0 Å². The minimum absolute atomic E-state index is 0.0148. The van der Waals surface area contributed by atoms with E-state index in [1.54, 1.807) is 6.20 Å². The molecule has 2 amide bonds. The molecular formula is C19H21N3O2. The van der Waals surface area contributed by atoms with E-state index in [4.69, 9.17) is 4.74 Å². The molecule has 2 heterocycles. The normalized spacial score (nSPS) is 20.4. The van der Waals surface area contributed by atoms with E-state index in [9.17, 15) is 4.79 Å². The van der Waals surface area contributed by atoms with Crippen LogP contribution in [0.1, 0.15) is 43.0 Å². The molecule has 1 aromatic carbocycles. The maximum Gasteiger partial charge on any atom is 0.315 e. The van der Waals surface area contributed by atoms with Crippen LogP contribution in [0.5, 0.6) is 5.75 Å². The van der Waals surface area contributed by atoms with Crippen LogP contribution in [0.25, 0.3) is 0 Å². The molecule has 24 heavy (non-hydrogen) atoms. The number of urea groups is 1. The largest absolute Gasteiger partial charge is 0.487 e. The van der Waals surface area contributed by atoms with Gasteiger partial charge < -0.3 is 15.4 Å². The Morgan fingerprint density at radius 2 is 2.04 bits per heavy atom. The predicted molar refractivity (Wildman–Crippen MR) is 90.6 cm³/mol. The Kier molecular flexibility index (Phi) is 3.84. The second-order valence-electron chi connectivity index (χ2n) is 6.58. The van der Waals surface area contributed by atoms with Crippen molar-refractivity contribution in [3.8, 4) is 5.75 Å². The average Bonchev–Trinajstić information content (AvgIpc) is 2.59. The number of pyridine rings is 1. The van der Waals surface area contributed by atoms with Crippen molar-refractivity contribution in [2.45, 2.75) is 43.9 Å². The van der Waals surface area contributed by atoms with Gasteiger partial charge in [0.1, 0.15) is 11.4 Å². The Labute approximate surface area is 141 Å². The van der Waals surface area contributed by atoms with E-state index in [0.29, 0.717) is 6.54 Å². The minimum Gasteiger partial charge on any atom is -0.487 e. The Hall–Kier alpha value is -2.56. The van der Waals surface area contributed by atoms with Crippen LogP contribution in [-0.2, 0) is 6.54 Å². The van der Waals surface area contributed by atoms with E-state index in [2.05, 4.69) is 15.6 Å². The highest BCUT2D eigenvalue weighted by Crippen LogP contribution is 2.48. The maximum absolute atomic E-state index is 12.3. The van der Waals surface area contributed by atoms with Crippen molar-refractivity contribution in [3.05, 3.63) is 59.9 Å². The summed E-state index contributed by atoms with van der Waals surface area (Å²) in [4.78, 5) is 16.5. The topological polar surface area (TPSA) is 63.2 Å². The highest BCUT2D eigenvalue weighted by Gasteiger charge is 2.45. The molecule has 0 bridgehead atoms. The van der Waals surface area contributed by atoms with E-state index in [1.807, 2.05) is 42.5 Å². The van der Waals surface area contributed by atoms with Crippen molar-refractivity contribution in [1.82, 2.24) is 15.6 Å². The summed E-state index contributed by atoms with van der Waals surface area (Å²) in [6.45, 7) is 0.419. The number of fused-ring (bicyclic) bond motifs is 1. The number of nitrogens with one attached hydrogen (secondary N) is 2. The Morgan fingerprint density at radius 3 is 2.79 bits per heavy atom. The van der Waals surface area contributed by atoms with Crippen LogP contribution in [-0.4, -0.2) is 16.6 Å². The van der Waals surface area contributed by atoms with Gasteiger partial charge in [0.15, 0.2) is 0 Å². The Balaban J connectivity index is 1.44. The van der Waals surface area contributed by atoms with Crippen molar-refractivity contribution in [2.24, 2.45) is 0 Å². The molecule has 4 rings (SSSR count). The number of hydrogen-bond donors (Lipinski definition) is 2. The number of amides is 2. The first-order valence-corrected chi connectivity index (χ1v) is 8.46. The second kappa shape index (κ2) is 6.15. The highest BCUT2D eigenvalue weighted by molar-refractivity contribution is 5.74. The Bertz CT molecular complexity index is 728. The number of hydrogen-bond acceptors (Lipinski definition) is 3. The van der Waals surface area contributed by atoms with Crippen molar-refractivity contribution in [3.63, 3.8) is 0 Å². The fourth-order valence-electron chi connectivity index (χ4n) is 3.51. The first kappa shape index (κ1) is 15.0. The van der Waals surface area contributed by atoms with Gasteiger partial charge in [-0.05, 0) is 37.5 Å². The third-order valence-corrected chi connectivity index (χ3v) is 4.92. The van der Waals surface area contributed by atoms with Gasteiger partial charge in [-0.2, -0.15) is 0 Å². The first-order valence-electron chi connectivity index (χ1n) is 8.46. The number of nitrogens with zero attached hydrogens (tertiary/aromatic N) is 1. The zero-order valence-electron chi connectivity index (χ0n) is 13.5. The summed E-state index contributed by atoms with van der Waals surface area (Å²) in [5, 5.41) is 6.00. The van der Waals surface area contributed by atoms with E-state index in [0.717, 1.165) is 36.3 Å². The molecule has 0 saturated heterocycles. The number of ether oxygens (including phenoxy) is 1. The van der Waals surface area contributed by atoms with Crippen LogP contribution in [0, 0.1) is 0 Å². The maximum atomic E-state index is 12.3. The molecule has 124 valence electrons. The molecule has 5 nitrogen and oxygen atoms in total. The molecule has 1 aliphatic carbocycles. The van der Waals surface area contributed by atoms with Crippen molar-refractivity contribution in [1.29, 1.82) is 0 Å². The molecule has 2 N–H and O–H groups in total. The van der Waals surface area contributed by atoms with Crippen LogP contribution in [0.15, 0.2) is 48.7 Å². The van der Waals surface area contributed by atoms with Gasteiger partial charge in [-0.3, -0.25) is 4.98 Å². The molecule has 0 radical (unpaired) electrons. The number of para-hydroxylation sites is 1. The van der Waals surface area contributed by atoms with E-state index >= 15 is 0 Å². The third-order valence-electron chi connectivity index (χ3n) is 4.92. The first-order chi connectivity index (χ1) is 11.7. The fraction of sp³-hybridized carbons (Fsp3) is 0.368. The number of aromatic nitrogens is 1. The third kappa shape index (κ3) is 2.94. The highest BCUT2D eigenvalue weighted by atomic mass is 16.5. The quantitative estimate of drug-likeness (QED) is 0.911. The van der Waals surface area contributed by atoms with E-state index in [-0.39, 0.29) is 17.7 Å². The SMILES string of the molecule is O=C(NCc1ccccn1)NC1CC2(CCC2)Oc2ccccc21. The van der Waals surface area contributed by atoms with Crippen LogP contribution < -0.4 is 15.4 Å². The zero-order chi connectivity index (χ0) is 16.4. The van der Waals surface area contributed by atoms with Gasteiger partial charge in [-0.1, -0.05) is 24.3 Å². The summed E-state index contributed by atoms with van der Waals surface area (Å²) < 4.78 is 6.21. The van der Waals surface area contributed by atoms with E-state index < -0.39 is 0 Å². The lowest BCUT2D eigenvalue weighted by Gasteiger charge is -2.48. The van der Waals surface area contributed by atoms with Crippen LogP contribution in [0.3, 0.4) is 0 Å². The van der Waals surface area contributed by atoms with Gasteiger partial charge in [0, 0.05) is 18.2 Å². The summed E-state index contributed by atoms with van der Waals surface area (Å²) >= 11 is 0. The number of rotatable bonds is 3. The van der Waals surface area contributed by atoms with Gasteiger partial charge in [0.25, 0.3) is 0 Å². The fourth-order valence-corrected chi connectivity index (χ4v) is 3.51. The summed E-state index contributed by atoms with van der Waals surface area (Å²) in [6, 6.07) is 13.5. The van der Waals surface area contributed by atoms with Gasteiger partial charge in [0.05, 0.1) is 18.3 Å². The summed E-state index contributed by atoms with van der Waals surface area (Å²) in [7, 11) is 0. The van der Waals surface area contributed by atoms with Gasteiger partial charge in [-0.25, -0.2) is 4.79 Å². The molecule has 2 aromatic rings. The predicted octanol–water partition coefficient (Wildman–Crippen LogP) is 3.33. The van der Waals surface area contributed by atoms with Gasteiger partial charge in [-0.15, -0.1) is 0 Å². The number of carbonyl (C=O) groups excluding carboxylic acids is 1. The number of carbonyl (C=O) groups is 1. The summed E-state index contributed by atoms with van der Waals surface area (Å²) in [5.74, 6) is 0.901. The van der Waals surface area contributed by atoms with Gasteiger partial charge in [0.2, 0.25) is 0 Å². The lowest BCUT2D eigenvalue weighted by molar-refractivity contribution is -0.0355. The Morgan fingerprint density at radius 1 is 1.21 bits per heavy atom. The van der Waals surface area contributed by atoms with Crippen molar-refractivity contribution < 1.29 is 9.53 Å². The molecule has 1 fully saturated rings. The van der Waals surface area contributed by atoms with Crippen molar-refractivity contribution >= 4 is 6.03 Å². The summed E-state index contributed by atoms with van der Waals surface area (Å²) in [6.07, 6.45) is 5.88. The molecule has 1 aliphatic heterocycles. The molecule has 5 heteroatoms. The molecule has 1 unspecified atom stereocenters.